The third-order valence-corrected chi connectivity index (χ3v) is 4.48. The van der Waals surface area contributed by atoms with Crippen LogP contribution in [0.5, 0.6) is 0 Å². The maximum absolute atomic E-state index is 11.3. The average molecular weight is 390 g/mol. The number of hydrogen-bond donors (Lipinski definition) is 2. The molecule has 1 aliphatic rings. The van der Waals surface area contributed by atoms with Crippen LogP contribution in [0.3, 0.4) is 0 Å². The van der Waals surface area contributed by atoms with Crippen molar-refractivity contribution >= 4 is 39.9 Å². The highest BCUT2D eigenvalue weighted by molar-refractivity contribution is 14.1. The second kappa shape index (κ2) is 6.38. The Bertz CT molecular complexity index is 535. The summed E-state index contributed by atoms with van der Waals surface area (Å²) in [6.07, 6.45) is 3.43. The molecular formula is C13H15IN2O4. The number of rotatable bonds is 4. The van der Waals surface area contributed by atoms with E-state index in [0.29, 0.717) is 6.42 Å². The van der Waals surface area contributed by atoms with E-state index in [1.165, 1.54) is 12.1 Å². The number of anilines is 1. The average Bonchev–Trinajstić information content (AvgIpc) is 2.41. The van der Waals surface area contributed by atoms with Crippen molar-refractivity contribution in [3.05, 3.63) is 31.9 Å². The maximum atomic E-state index is 11.3. The number of carbonyl (C=O) groups is 1. The van der Waals surface area contributed by atoms with Gasteiger partial charge in [0.1, 0.15) is 0 Å². The van der Waals surface area contributed by atoms with E-state index in [2.05, 4.69) is 5.32 Å². The molecule has 1 aliphatic carbocycles. The predicted molar refractivity (Wildman–Crippen MR) is 82.8 cm³/mol. The van der Waals surface area contributed by atoms with Gasteiger partial charge in [0.15, 0.2) is 0 Å². The summed E-state index contributed by atoms with van der Waals surface area (Å²) >= 11 is 2.03. The number of hydrogen-bond acceptors (Lipinski definition) is 4. The van der Waals surface area contributed by atoms with E-state index in [1.807, 2.05) is 22.6 Å². The van der Waals surface area contributed by atoms with E-state index in [-0.39, 0.29) is 11.7 Å². The molecule has 108 valence electrons. The zero-order valence-corrected chi connectivity index (χ0v) is 12.9. The third-order valence-electron chi connectivity index (χ3n) is 3.59. The second-order valence-corrected chi connectivity index (χ2v) is 6.06. The van der Waals surface area contributed by atoms with Crippen LogP contribution in [-0.2, 0) is 4.79 Å². The quantitative estimate of drug-likeness (QED) is 0.468. The molecule has 0 radical (unpaired) electrons. The number of carboxylic acids is 1. The minimum absolute atomic E-state index is 0.0402. The Hall–Kier alpha value is -1.38. The lowest BCUT2D eigenvalue weighted by Crippen LogP contribution is -2.37. The van der Waals surface area contributed by atoms with Crippen molar-refractivity contribution < 1.29 is 14.8 Å². The van der Waals surface area contributed by atoms with Crippen molar-refractivity contribution in [1.29, 1.82) is 0 Å². The van der Waals surface area contributed by atoms with Gasteiger partial charge in [-0.15, -0.1) is 0 Å². The van der Waals surface area contributed by atoms with Gasteiger partial charge in [0.05, 0.1) is 10.8 Å². The molecule has 0 aromatic heterocycles. The van der Waals surface area contributed by atoms with Crippen LogP contribution in [0.4, 0.5) is 11.4 Å². The molecule has 1 aromatic rings. The lowest BCUT2D eigenvalue weighted by molar-refractivity contribution is -0.384. The second-order valence-electron chi connectivity index (χ2n) is 4.90. The smallest absolute Gasteiger partial charge is 0.308 e. The van der Waals surface area contributed by atoms with Crippen LogP contribution in [0.1, 0.15) is 25.7 Å². The number of nitrogens with zero attached hydrogens (tertiary/aromatic N) is 1. The Morgan fingerprint density at radius 2 is 2.10 bits per heavy atom. The van der Waals surface area contributed by atoms with Crippen molar-refractivity contribution in [2.45, 2.75) is 31.7 Å². The van der Waals surface area contributed by atoms with Crippen LogP contribution in [0, 0.1) is 19.6 Å². The van der Waals surface area contributed by atoms with Gasteiger partial charge in [-0.1, -0.05) is 12.8 Å². The number of carboxylic acid groups (broad SMARTS) is 1. The third kappa shape index (κ3) is 3.38. The molecule has 0 saturated heterocycles. The molecule has 0 amide bonds. The van der Waals surface area contributed by atoms with E-state index < -0.39 is 16.8 Å². The number of nitrogens with one attached hydrogen (secondary N) is 1. The fourth-order valence-corrected chi connectivity index (χ4v) is 3.19. The van der Waals surface area contributed by atoms with Crippen LogP contribution < -0.4 is 5.32 Å². The first kappa shape index (κ1) is 15.0. The molecule has 1 fully saturated rings. The highest BCUT2D eigenvalue weighted by Crippen LogP contribution is 2.30. The monoisotopic (exact) mass is 390 g/mol. The van der Waals surface area contributed by atoms with Gasteiger partial charge in [0.2, 0.25) is 0 Å². The fraction of sp³-hybridized carbons (Fsp3) is 0.462. The Balaban J connectivity index is 2.16. The van der Waals surface area contributed by atoms with Crippen molar-refractivity contribution in [2.75, 3.05) is 5.32 Å². The highest BCUT2D eigenvalue weighted by Gasteiger charge is 2.31. The first-order valence-electron chi connectivity index (χ1n) is 6.42. The standard InChI is InChI=1S/C13H15IN2O4/c14-10-7-8(16(19)20)5-6-12(10)15-11-4-2-1-3-9(11)13(17)18/h5-7,9,11,15H,1-4H2,(H,17,18). The summed E-state index contributed by atoms with van der Waals surface area (Å²) in [4.78, 5) is 21.5. The number of benzene rings is 1. The normalized spacial score (nSPS) is 22.2. The minimum Gasteiger partial charge on any atom is -0.481 e. The fourth-order valence-electron chi connectivity index (χ4n) is 2.53. The number of nitro groups is 1. The summed E-state index contributed by atoms with van der Waals surface area (Å²) in [5, 5.41) is 23.2. The number of nitro benzene ring substituents is 1. The van der Waals surface area contributed by atoms with Gasteiger partial charge in [-0.25, -0.2) is 0 Å². The molecule has 1 aromatic carbocycles. The van der Waals surface area contributed by atoms with E-state index in [9.17, 15) is 20.0 Å². The molecule has 20 heavy (non-hydrogen) atoms. The number of halogens is 1. The molecule has 0 heterocycles. The lowest BCUT2D eigenvalue weighted by Gasteiger charge is -2.30. The van der Waals surface area contributed by atoms with Crippen LogP contribution >= 0.6 is 22.6 Å². The molecule has 2 rings (SSSR count). The largest absolute Gasteiger partial charge is 0.481 e. The zero-order valence-electron chi connectivity index (χ0n) is 10.7. The van der Waals surface area contributed by atoms with Crippen LogP contribution in [-0.4, -0.2) is 22.0 Å². The summed E-state index contributed by atoms with van der Waals surface area (Å²) in [5.74, 6) is -1.17. The van der Waals surface area contributed by atoms with Crippen molar-refractivity contribution in [3.63, 3.8) is 0 Å². The molecule has 2 atom stereocenters. The minimum atomic E-state index is -0.779. The van der Waals surface area contributed by atoms with Crippen LogP contribution in [0.15, 0.2) is 18.2 Å². The predicted octanol–water partition coefficient (Wildman–Crippen LogP) is 3.25. The molecule has 0 bridgehead atoms. The molecule has 7 heteroatoms. The first-order valence-corrected chi connectivity index (χ1v) is 7.50. The van der Waals surface area contributed by atoms with Crippen molar-refractivity contribution in [2.24, 2.45) is 5.92 Å². The van der Waals surface area contributed by atoms with Gasteiger partial charge in [-0.3, -0.25) is 14.9 Å². The van der Waals surface area contributed by atoms with E-state index in [4.69, 9.17) is 0 Å². The summed E-state index contributed by atoms with van der Waals surface area (Å²) in [6.45, 7) is 0. The van der Waals surface area contributed by atoms with E-state index >= 15 is 0 Å². The first-order chi connectivity index (χ1) is 9.49. The molecule has 2 N–H and O–H groups in total. The Morgan fingerprint density at radius 1 is 1.40 bits per heavy atom. The highest BCUT2D eigenvalue weighted by atomic mass is 127. The van der Waals surface area contributed by atoms with Crippen molar-refractivity contribution in [3.8, 4) is 0 Å². The topological polar surface area (TPSA) is 92.5 Å². The molecule has 6 nitrogen and oxygen atoms in total. The zero-order chi connectivity index (χ0) is 14.7. The van der Waals surface area contributed by atoms with Gasteiger partial charge in [-0.2, -0.15) is 0 Å². The van der Waals surface area contributed by atoms with E-state index in [1.54, 1.807) is 6.07 Å². The van der Waals surface area contributed by atoms with Gasteiger partial charge in [-0.05, 0) is 41.5 Å². The Kier molecular flexibility index (Phi) is 4.79. The molecule has 2 unspecified atom stereocenters. The van der Waals surface area contributed by atoms with Gasteiger partial charge in [0.25, 0.3) is 5.69 Å². The molecule has 1 saturated carbocycles. The van der Waals surface area contributed by atoms with Gasteiger partial charge >= 0.3 is 5.97 Å². The van der Waals surface area contributed by atoms with Gasteiger partial charge < -0.3 is 10.4 Å². The van der Waals surface area contributed by atoms with Crippen LogP contribution in [0.25, 0.3) is 0 Å². The SMILES string of the molecule is O=C(O)C1CCCCC1Nc1ccc([N+](=O)[O-])cc1I. The van der Waals surface area contributed by atoms with Gasteiger partial charge in [0, 0.05) is 27.4 Å². The Morgan fingerprint density at radius 3 is 2.70 bits per heavy atom. The summed E-state index contributed by atoms with van der Waals surface area (Å²) in [5.41, 5.74) is 0.799. The maximum Gasteiger partial charge on any atom is 0.308 e. The molecule has 0 spiro atoms. The number of aliphatic carboxylic acids is 1. The number of non-ortho nitro benzene ring substituents is 1. The molecule has 0 aliphatic heterocycles. The lowest BCUT2D eigenvalue weighted by atomic mass is 9.84. The van der Waals surface area contributed by atoms with E-state index in [0.717, 1.165) is 28.5 Å². The summed E-state index contributed by atoms with van der Waals surface area (Å²) in [6, 6.07) is 4.45. The Labute approximate surface area is 129 Å². The van der Waals surface area contributed by atoms with Crippen molar-refractivity contribution in [1.82, 2.24) is 0 Å². The summed E-state index contributed by atoms with van der Waals surface area (Å²) in [7, 11) is 0. The van der Waals surface area contributed by atoms with Crippen LogP contribution in [0.2, 0.25) is 0 Å². The summed E-state index contributed by atoms with van der Waals surface area (Å²) < 4.78 is 0.728. The molecular weight excluding hydrogens is 375 g/mol.